The number of aromatic carboxylic acids is 1. The van der Waals surface area contributed by atoms with Crippen molar-refractivity contribution in [2.75, 3.05) is 11.9 Å². The van der Waals surface area contributed by atoms with Crippen LogP contribution in [0.3, 0.4) is 0 Å². The third-order valence-electron chi connectivity index (χ3n) is 2.84. The number of nitrogens with zero attached hydrogens (tertiary/aromatic N) is 3. The summed E-state index contributed by atoms with van der Waals surface area (Å²) in [6.45, 7) is 0. The summed E-state index contributed by atoms with van der Waals surface area (Å²) in [5.41, 5.74) is 0.824. The molecule has 0 fully saturated rings. The van der Waals surface area contributed by atoms with Gasteiger partial charge in [0.2, 0.25) is 0 Å². The number of aryl methyl sites for hydroxylation is 1. The van der Waals surface area contributed by atoms with Crippen LogP contribution in [0.1, 0.15) is 20.8 Å². The minimum absolute atomic E-state index is 0.0838. The van der Waals surface area contributed by atoms with Crippen molar-refractivity contribution in [2.45, 2.75) is 0 Å². The first-order chi connectivity index (χ1) is 9.02. The van der Waals surface area contributed by atoms with Gasteiger partial charge in [0.1, 0.15) is 5.69 Å². The summed E-state index contributed by atoms with van der Waals surface area (Å²) in [6.07, 6.45) is 2.96. The average Bonchev–Trinajstić information content (AvgIpc) is 2.83. The van der Waals surface area contributed by atoms with Crippen LogP contribution in [0.4, 0.5) is 5.69 Å². The van der Waals surface area contributed by atoms with Gasteiger partial charge >= 0.3 is 5.97 Å². The molecule has 0 saturated heterocycles. The van der Waals surface area contributed by atoms with Crippen LogP contribution in [0.2, 0.25) is 0 Å². The van der Waals surface area contributed by atoms with E-state index in [4.69, 9.17) is 5.11 Å². The average molecular weight is 259 g/mol. The first-order valence-corrected chi connectivity index (χ1v) is 5.59. The van der Waals surface area contributed by atoms with Gasteiger partial charge < -0.3 is 14.6 Å². The molecule has 0 saturated carbocycles. The Kier molecular flexibility index (Phi) is 3.33. The molecule has 0 aliphatic rings. The molecule has 0 unspecified atom stereocenters. The van der Waals surface area contributed by atoms with Gasteiger partial charge in [-0.25, -0.2) is 9.78 Å². The fraction of sp³-hybridized carbons (Fsp3) is 0.154. The Labute approximate surface area is 109 Å². The van der Waals surface area contributed by atoms with Crippen molar-refractivity contribution in [1.82, 2.24) is 9.55 Å². The first kappa shape index (κ1) is 12.8. The SMILES string of the molecule is CN(C(=O)c1cncn1C)c1ccccc1C(=O)O. The molecule has 1 aromatic heterocycles. The molecule has 0 aliphatic carbocycles. The van der Waals surface area contributed by atoms with Gasteiger partial charge in [0.25, 0.3) is 5.91 Å². The lowest BCUT2D eigenvalue weighted by atomic mass is 10.1. The van der Waals surface area contributed by atoms with Crippen LogP contribution in [0.25, 0.3) is 0 Å². The fourth-order valence-corrected chi connectivity index (χ4v) is 1.79. The van der Waals surface area contributed by atoms with E-state index in [9.17, 15) is 9.59 Å². The van der Waals surface area contributed by atoms with E-state index in [0.29, 0.717) is 11.4 Å². The number of carboxylic acids is 1. The van der Waals surface area contributed by atoms with Crippen LogP contribution in [0, 0.1) is 0 Å². The molecular formula is C13H13N3O3. The molecule has 19 heavy (non-hydrogen) atoms. The van der Waals surface area contributed by atoms with E-state index in [-0.39, 0.29) is 11.5 Å². The summed E-state index contributed by atoms with van der Waals surface area (Å²) in [5, 5.41) is 9.13. The van der Waals surface area contributed by atoms with Gasteiger partial charge in [-0.2, -0.15) is 0 Å². The zero-order valence-electron chi connectivity index (χ0n) is 10.6. The smallest absolute Gasteiger partial charge is 0.337 e. The Morgan fingerprint density at radius 1 is 1.32 bits per heavy atom. The van der Waals surface area contributed by atoms with Crippen molar-refractivity contribution < 1.29 is 14.7 Å². The number of aromatic nitrogens is 2. The van der Waals surface area contributed by atoms with Crippen LogP contribution in [0.15, 0.2) is 36.8 Å². The number of amides is 1. The van der Waals surface area contributed by atoms with E-state index < -0.39 is 5.97 Å². The fourth-order valence-electron chi connectivity index (χ4n) is 1.79. The number of carboxylic acid groups (broad SMARTS) is 1. The molecule has 6 heteroatoms. The van der Waals surface area contributed by atoms with E-state index in [2.05, 4.69) is 4.98 Å². The van der Waals surface area contributed by atoms with E-state index >= 15 is 0 Å². The Balaban J connectivity index is 2.40. The highest BCUT2D eigenvalue weighted by molar-refractivity contribution is 6.08. The van der Waals surface area contributed by atoms with Crippen LogP contribution < -0.4 is 4.90 Å². The monoisotopic (exact) mass is 259 g/mol. The number of hydrogen-bond acceptors (Lipinski definition) is 3. The molecule has 0 spiro atoms. The summed E-state index contributed by atoms with van der Waals surface area (Å²) in [6, 6.07) is 6.37. The largest absolute Gasteiger partial charge is 0.478 e. The zero-order valence-corrected chi connectivity index (χ0v) is 10.6. The molecule has 1 aromatic carbocycles. The number of benzene rings is 1. The van der Waals surface area contributed by atoms with E-state index in [1.165, 1.54) is 30.5 Å². The molecule has 0 aliphatic heterocycles. The van der Waals surface area contributed by atoms with Crippen LogP contribution in [-0.4, -0.2) is 33.6 Å². The van der Waals surface area contributed by atoms with Crippen molar-refractivity contribution in [3.05, 3.63) is 48.0 Å². The minimum Gasteiger partial charge on any atom is -0.478 e. The number of hydrogen-bond donors (Lipinski definition) is 1. The number of anilines is 1. The highest BCUT2D eigenvalue weighted by atomic mass is 16.4. The predicted octanol–water partition coefficient (Wildman–Crippen LogP) is 1.39. The van der Waals surface area contributed by atoms with Crippen molar-refractivity contribution in [3.8, 4) is 0 Å². The maximum absolute atomic E-state index is 12.3. The highest BCUT2D eigenvalue weighted by Gasteiger charge is 2.20. The molecule has 0 radical (unpaired) electrons. The molecule has 1 amide bonds. The lowest BCUT2D eigenvalue weighted by Gasteiger charge is -2.19. The maximum Gasteiger partial charge on any atom is 0.337 e. The standard InChI is InChI=1S/C13H13N3O3/c1-15-8-14-7-11(15)12(17)16(2)10-6-4-3-5-9(10)13(18)19/h3-8H,1-2H3,(H,18,19). The van der Waals surface area contributed by atoms with Gasteiger partial charge in [-0.1, -0.05) is 12.1 Å². The van der Waals surface area contributed by atoms with Gasteiger partial charge in [0, 0.05) is 14.1 Å². The third kappa shape index (κ3) is 2.33. The lowest BCUT2D eigenvalue weighted by Crippen LogP contribution is -2.29. The van der Waals surface area contributed by atoms with Crippen LogP contribution >= 0.6 is 0 Å². The molecule has 1 heterocycles. The highest BCUT2D eigenvalue weighted by Crippen LogP contribution is 2.20. The summed E-state index contributed by atoms with van der Waals surface area (Å²) in [5.74, 6) is -1.38. The minimum atomic E-state index is -1.07. The molecule has 2 aromatic rings. The third-order valence-corrected chi connectivity index (χ3v) is 2.84. The molecule has 0 bridgehead atoms. The topological polar surface area (TPSA) is 75.4 Å². The quantitative estimate of drug-likeness (QED) is 0.903. The molecule has 0 atom stereocenters. The Morgan fingerprint density at radius 2 is 2.00 bits per heavy atom. The van der Waals surface area contributed by atoms with Crippen LogP contribution in [0.5, 0.6) is 0 Å². The van der Waals surface area contributed by atoms with Gasteiger partial charge in [-0.3, -0.25) is 4.79 Å². The van der Waals surface area contributed by atoms with Crippen molar-refractivity contribution in [3.63, 3.8) is 0 Å². The van der Waals surface area contributed by atoms with Gasteiger partial charge in [-0.05, 0) is 12.1 Å². The summed E-state index contributed by atoms with van der Waals surface area (Å²) in [4.78, 5) is 28.6. The van der Waals surface area contributed by atoms with Crippen LogP contribution in [-0.2, 0) is 7.05 Å². The van der Waals surface area contributed by atoms with Gasteiger partial charge in [-0.15, -0.1) is 0 Å². The lowest BCUT2D eigenvalue weighted by molar-refractivity contribution is 0.0697. The van der Waals surface area contributed by atoms with Crippen molar-refractivity contribution in [1.29, 1.82) is 0 Å². The van der Waals surface area contributed by atoms with Crippen molar-refractivity contribution >= 4 is 17.6 Å². The number of para-hydroxylation sites is 1. The predicted molar refractivity (Wildman–Crippen MR) is 69.3 cm³/mol. The molecule has 2 rings (SSSR count). The summed E-state index contributed by atoms with van der Waals surface area (Å²) < 4.78 is 1.59. The molecular weight excluding hydrogens is 246 g/mol. The summed E-state index contributed by atoms with van der Waals surface area (Å²) >= 11 is 0. The first-order valence-electron chi connectivity index (χ1n) is 5.59. The number of carbonyl (C=O) groups excluding carboxylic acids is 1. The van der Waals surface area contributed by atoms with Crippen molar-refractivity contribution in [2.24, 2.45) is 7.05 Å². The Hall–Kier alpha value is -2.63. The maximum atomic E-state index is 12.3. The Bertz CT molecular complexity index is 634. The second-order valence-corrected chi connectivity index (χ2v) is 4.08. The molecule has 6 nitrogen and oxygen atoms in total. The molecule has 1 N–H and O–H groups in total. The second-order valence-electron chi connectivity index (χ2n) is 4.08. The van der Waals surface area contributed by atoms with E-state index in [0.717, 1.165) is 0 Å². The van der Waals surface area contributed by atoms with Gasteiger partial charge in [0.15, 0.2) is 0 Å². The Morgan fingerprint density at radius 3 is 2.58 bits per heavy atom. The number of carbonyl (C=O) groups is 2. The molecule has 98 valence electrons. The zero-order chi connectivity index (χ0) is 14.0. The number of rotatable bonds is 3. The number of imidazole rings is 1. The summed E-state index contributed by atoms with van der Waals surface area (Å²) in [7, 11) is 3.24. The normalized spacial score (nSPS) is 10.2. The second kappa shape index (κ2) is 4.93. The van der Waals surface area contributed by atoms with E-state index in [1.54, 1.807) is 29.8 Å². The van der Waals surface area contributed by atoms with E-state index in [1.807, 2.05) is 0 Å². The van der Waals surface area contributed by atoms with Gasteiger partial charge in [0.05, 0.1) is 23.8 Å².